The molecule has 15 nitrogen and oxygen atoms in total. The van der Waals surface area contributed by atoms with E-state index in [9.17, 15) is 34.2 Å². The smallest absolute Gasteiger partial charge is 0.326 e. The lowest BCUT2D eigenvalue weighted by Gasteiger charge is -2.26. The summed E-state index contributed by atoms with van der Waals surface area (Å²) in [4.78, 5) is 66.0. The molecule has 0 aliphatic carbocycles. The summed E-state index contributed by atoms with van der Waals surface area (Å²) in [7, 11) is 0. The molecule has 0 radical (unpaired) electrons. The normalized spacial score (nSPS) is 13.8. The van der Waals surface area contributed by atoms with E-state index in [1.165, 1.54) is 12.1 Å². The Morgan fingerprint density at radius 3 is 1.95 bits per heavy atom. The average Bonchev–Trinajstić information content (AvgIpc) is 2.88. The first kappa shape index (κ1) is 34.6. The van der Waals surface area contributed by atoms with Gasteiger partial charge in [0, 0.05) is 13.0 Å². The minimum Gasteiger partial charge on any atom is -0.508 e. The molecule has 0 aliphatic rings. The van der Waals surface area contributed by atoms with Crippen LogP contribution >= 0.6 is 0 Å². The standard InChI is InChI=1S/C26H42N8O7/c1-14(2)12-20(24(39)33-19(25(40)41)4-3-11-31-26(29)30)34-23(38)18(9-10-21(28)36)32-22(37)17(27)13-15-5-7-16(35)8-6-15/h5-8,14,17-20,35H,3-4,9-13,27H2,1-2H3,(H2,28,36)(H,32,37)(H,33,39)(H,34,38)(H,40,41)(H4,29,30,31). The Hall–Kier alpha value is -4.40. The number of rotatable bonds is 18. The topological polar surface area (TPSA) is 278 Å². The number of hydrogen-bond acceptors (Lipinski definition) is 8. The first-order valence-corrected chi connectivity index (χ1v) is 13.2. The molecule has 0 saturated carbocycles. The Labute approximate surface area is 238 Å². The predicted molar refractivity (Wildman–Crippen MR) is 151 cm³/mol. The number of aliphatic imine (C=N–C) groups is 1. The summed E-state index contributed by atoms with van der Waals surface area (Å²) in [6.07, 6.45) is 0.197. The monoisotopic (exact) mass is 578 g/mol. The van der Waals surface area contributed by atoms with Gasteiger partial charge in [0.1, 0.15) is 23.9 Å². The highest BCUT2D eigenvalue weighted by Crippen LogP contribution is 2.12. The SMILES string of the molecule is CC(C)CC(NC(=O)C(CCC(N)=O)NC(=O)C(N)Cc1ccc(O)cc1)C(=O)NC(CCCN=C(N)N)C(=O)O. The number of guanidine groups is 1. The van der Waals surface area contributed by atoms with Crippen LogP contribution in [-0.2, 0) is 30.4 Å². The zero-order valence-corrected chi connectivity index (χ0v) is 23.3. The van der Waals surface area contributed by atoms with Crippen molar-refractivity contribution in [1.29, 1.82) is 0 Å². The van der Waals surface area contributed by atoms with Gasteiger partial charge in [0.2, 0.25) is 23.6 Å². The third kappa shape index (κ3) is 14.0. The van der Waals surface area contributed by atoms with Crippen LogP contribution in [0.1, 0.15) is 51.5 Å². The van der Waals surface area contributed by atoms with Gasteiger partial charge in [-0.3, -0.25) is 24.2 Å². The Morgan fingerprint density at radius 2 is 1.41 bits per heavy atom. The third-order valence-electron chi connectivity index (χ3n) is 5.94. The van der Waals surface area contributed by atoms with Crippen molar-refractivity contribution in [2.24, 2.45) is 33.8 Å². The number of carboxylic acid groups (broad SMARTS) is 1. The van der Waals surface area contributed by atoms with Crippen LogP contribution in [-0.4, -0.2) is 76.5 Å². The number of amides is 4. The van der Waals surface area contributed by atoms with Gasteiger partial charge >= 0.3 is 5.97 Å². The second-order valence-corrected chi connectivity index (χ2v) is 10.1. The van der Waals surface area contributed by atoms with E-state index in [0.717, 1.165) is 0 Å². The van der Waals surface area contributed by atoms with Crippen LogP contribution in [0, 0.1) is 5.92 Å². The molecular formula is C26H42N8O7. The average molecular weight is 579 g/mol. The zero-order valence-electron chi connectivity index (χ0n) is 23.3. The molecule has 13 N–H and O–H groups in total. The van der Waals surface area contributed by atoms with Gasteiger partial charge in [0.25, 0.3) is 0 Å². The summed E-state index contributed by atoms with van der Waals surface area (Å²) in [6, 6.07) is 1.38. The van der Waals surface area contributed by atoms with Crippen LogP contribution in [0.4, 0.5) is 0 Å². The van der Waals surface area contributed by atoms with Gasteiger partial charge in [-0.15, -0.1) is 0 Å². The molecule has 0 fully saturated rings. The van der Waals surface area contributed by atoms with E-state index in [1.54, 1.807) is 12.1 Å². The predicted octanol–water partition coefficient (Wildman–Crippen LogP) is -1.83. The number of primary amides is 1. The quantitative estimate of drug-likeness (QED) is 0.0533. The Kier molecular flexibility index (Phi) is 14.6. The van der Waals surface area contributed by atoms with Crippen LogP contribution in [0.3, 0.4) is 0 Å². The van der Waals surface area contributed by atoms with Gasteiger partial charge < -0.3 is 49.1 Å². The maximum atomic E-state index is 13.2. The summed E-state index contributed by atoms with van der Waals surface area (Å²) in [6.45, 7) is 3.79. The lowest BCUT2D eigenvalue weighted by Crippen LogP contribution is -2.57. The van der Waals surface area contributed by atoms with E-state index >= 15 is 0 Å². The van der Waals surface area contributed by atoms with E-state index < -0.39 is 53.8 Å². The van der Waals surface area contributed by atoms with Gasteiger partial charge in [0.05, 0.1) is 6.04 Å². The Bertz CT molecular complexity index is 1070. The molecule has 1 rings (SSSR count). The van der Waals surface area contributed by atoms with Gasteiger partial charge in [-0.1, -0.05) is 26.0 Å². The number of benzene rings is 1. The number of phenolic OH excluding ortho intramolecular Hbond substituents is 1. The second kappa shape index (κ2) is 17.3. The molecule has 0 spiro atoms. The van der Waals surface area contributed by atoms with Crippen LogP contribution < -0.4 is 38.9 Å². The number of nitrogens with two attached hydrogens (primary N) is 4. The summed E-state index contributed by atoms with van der Waals surface area (Å²) < 4.78 is 0. The minimum atomic E-state index is -1.27. The van der Waals surface area contributed by atoms with Crippen molar-refractivity contribution in [1.82, 2.24) is 16.0 Å². The number of aliphatic carboxylic acids is 1. The number of hydrogen-bond donors (Lipinski definition) is 9. The lowest BCUT2D eigenvalue weighted by molar-refractivity contribution is -0.142. The van der Waals surface area contributed by atoms with E-state index in [-0.39, 0.29) is 62.7 Å². The second-order valence-electron chi connectivity index (χ2n) is 10.1. The number of phenols is 1. The fourth-order valence-corrected chi connectivity index (χ4v) is 3.82. The van der Waals surface area contributed by atoms with Crippen LogP contribution in [0.2, 0.25) is 0 Å². The third-order valence-corrected chi connectivity index (χ3v) is 5.94. The summed E-state index contributed by atoms with van der Waals surface area (Å²) >= 11 is 0. The van der Waals surface area contributed by atoms with Gasteiger partial charge in [0.15, 0.2) is 5.96 Å². The molecule has 1 aromatic rings. The highest BCUT2D eigenvalue weighted by molar-refractivity contribution is 5.94. The summed E-state index contributed by atoms with van der Waals surface area (Å²) in [5.74, 6) is -4.32. The Balaban J connectivity index is 2.98. The molecule has 4 amide bonds. The molecule has 0 heterocycles. The van der Waals surface area contributed by atoms with Crippen molar-refractivity contribution in [2.75, 3.05) is 6.54 Å². The summed E-state index contributed by atoms with van der Waals surface area (Å²) in [5.41, 5.74) is 22.5. The highest BCUT2D eigenvalue weighted by Gasteiger charge is 2.31. The molecule has 15 heteroatoms. The van der Waals surface area contributed by atoms with Gasteiger partial charge in [-0.2, -0.15) is 0 Å². The maximum absolute atomic E-state index is 13.2. The first-order valence-electron chi connectivity index (χ1n) is 13.2. The van der Waals surface area contributed by atoms with Crippen molar-refractivity contribution >= 4 is 35.6 Å². The van der Waals surface area contributed by atoms with Crippen molar-refractivity contribution < 1.29 is 34.2 Å². The minimum absolute atomic E-state index is 0.0381. The van der Waals surface area contributed by atoms with Crippen molar-refractivity contribution in [3.63, 3.8) is 0 Å². The number of carbonyl (C=O) groups excluding carboxylic acids is 4. The highest BCUT2D eigenvalue weighted by atomic mass is 16.4. The molecule has 0 saturated heterocycles. The van der Waals surface area contributed by atoms with Crippen LogP contribution in [0.25, 0.3) is 0 Å². The Morgan fingerprint density at radius 1 is 0.854 bits per heavy atom. The molecule has 228 valence electrons. The largest absolute Gasteiger partial charge is 0.508 e. The van der Waals surface area contributed by atoms with Crippen LogP contribution in [0.5, 0.6) is 5.75 Å². The fourth-order valence-electron chi connectivity index (χ4n) is 3.82. The molecular weight excluding hydrogens is 536 g/mol. The van der Waals surface area contributed by atoms with Crippen molar-refractivity contribution in [3.05, 3.63) is 29.8 Å². The maximum Gasteiger partial charge on any atom is 0.326 e. The molecule has 0 bridgehead atoms. The number of aromatic hydroxyl groups is 1. The van der Waals surface area contributed by atoms with E-state index in [0.29, 0.717) is 5.56 Å². The van der Waals surface area contributed by atoms with E-state index in [1.807, 2.05) is 13.8 Å². The van der Waals surface area contributed by atoms with Gasteiger partial charge in [-0.25, -0.2) is 4.79 Å². The lowest BCUT2D eigenvalue weighted by atomic mass is 10.0. The van der Waals surface area contributed by atoms with Crippen molar-refractivity contribution in [2.45, 2.75) is 76.5 Å². The molecule has 41 heavy (non-hydrogen) atoms. The van der Waals surface area contributed by atoms with Gasteiger partial charge in [-0.05, 0) is 55.7 Å². The number of nitrogens with one attached hydrogen (secondary N) is 3. The molecule has 4 unspecified atom stereocenters. The number of carboxylic acids is 1. The molecule has 0 aliphatic heterocycles. The molecule has 0 aromatic heterocycles. The number of carbonyl (C=O) groups is 5. The van der Waals surface area contributed by atoms with E-state index in [2.05, 4.69) is 20.9 Å². The first-order chi connectivity index (χ1) is 19.2. The van der Waals surface area contributed by atoms with Crippen molar-refractivity contribution in [3.8, 4) is 5.75 Å². The number of nitrogens with zero attached hydrogens (tertiary/aromatic N) is 1. The van der Waals surface area contributed by atoms with Crippen LogP contribution in [0.15, 0.2) is 29.3 Å². The molecule has 1 aromatic carbocycles. The zero-order chi connectivity index (χ0) is 31.1. The summed E-state index contributed by atoms with van der Waals surface area (Å²) in [5, 5.41) is 26.5. The fraction of sp³-hybridized carbons (Fsp3) is 0.538. The molecule has 4 atom stereocenters. The van der Waals surface area contributed by atoms with E-state index in [4.69, 9.17) is 22.9 Å².